The Labute approximate surface area is 135 Å². The van der Waals surface area contributed by atoms with Gasteiger partial charge in [0, 0.05) is 5.69 Å². The second-order valence-corrected chi connectivity index (χ2v) is 5.25. The molecule has 0 saturated carbocycles. The van der Waals surface area contributed by atoms with Crippen molar-refractivity contribution >= 4 is 23.0 Å². The van der Waals surface area contributed by atoms with Crippen LogP contribution in [0.15, 0.2) is 48.5 Å². The van der Waals surface area contributed by atoms with Crippen molar-refractivity contribution in [2.45, 2.75) is 19.4 Å². The molecule has 0 amide bonds. The maximum Gasteiger partial charge on any atom is 0.171 e. The van der Waals surface area contributed by atoms with E-state index in [1.807, 2.05) is 24.3 Å². The number of rotatable bonds is 5. The van der Waals surface area contributed by atoms with Gasteiger partial charge in [0.05, 0.1) is 13.2 Å². The molecule has 3 nitrogen and oxygen atoms in total. The molecule has 116 valence electrons. The Kier molecular flexibility index (Phi) is 5.72. The zero-order valence-corrected chi connectivity index (χ0v) is 13.4. The number of anilines is 1. The van der Waals surface area contributed by atoms with Crippen molar-refractivity contribution in [2.24, 2.45) is 0 Å². The van der Waals surface area contributed by atoms with E-state index in [1.54, 1.807) is 19.2 Å². The summed E-state index contributed by atoms with van der Waals surface area (Å²) in [5.74, 6) is 0.555. The Morgan fingerprint density at radius 2 is 1.77 bits per heavy atom. The summed E-state index contributed by atoms with van der Waals surface area (Å²) < 4.78 is 18.0. The molecule has 0 radical (unpaired) electrons. The van der Waals surface area contributed by atoms with Crippen molar-refractivity contribution in [1.82, 2.24) is 5.32 Å². The molecule has 2 N–H and O–H groups in total. The van der Waals surface area contributed by atoms with Gasteiger partial charge in [0.2, 0.25) is 0 Å². The van der Waals surface area contributed by atoms with Crippen molar-refractivity contribution in [2.75, 3.05) is 12.4 Å². The zero-order chi connectivity index (χ0) is 15.9. The predicted octanol–water partition coefficient (Wildman–Crippen LogP) is 4.27. The molecule has 0 aliphatic carbocycles. The van der Waals surface area contributed by atoms with Crippen LogP contribution in [0.1, 0.15) is 24.9 Å². The fourth-order valence-corrected chi connectivity index (χ4v) is 2.38. The summed E-state index contributed by atoms with van der Waals surface area (Å²) in [5.41, 5.74) is 1.88. The number of methoxy groups -OCH3 is 1. The molecule has 0 fully saturated rings. The van der Waals surface area contributed by atoms with Crippen LogP contribution in [0.3, 0.4) is 0 Å². The van der Waals surface area contributed by atoms with Crippen molar-refractivity contribution in [1.29, 1.82) is 0 Å². The quantitative estimate of drug-likeness (QED) is 0.807. The molecule has 2 aromatic rings. The number of halogens is 1. The lowest BCUT2D eigenvalue weighted by Crippen LogP contribution is -2.32. The smallest absolute Gasteiger partial charge is 0.171 e. The van der Waals surface area contributed by atoms with Gasteiger partial charge in [-0.3, -0.25) is 0 Å². The lowest BCUT2D eigenvalue weighted by Gasteiger charge is -2.20. The highest BCUT2D eigenvalue weighted by molar-refractivity contribution is 7.80. The third kappa shape index (κ3) is 4.43. The Morgan fingerprint density at radius 1 is 1.14 bits per heavy atom. The molecule has 0 unspecified atom stereocenters. The predicted molar refractivity (Wildman–Crippen MR) is 91.8 cm³/mol. The molecule has 0 aliphatic rings. The van der Waals surface area contributed by atoms with E-state index < -0.39 is 0 Å². The lowest BCUT2D eigenvalue weighted by atomic mass is 10.0. The number of ether oxygens (including phenoxy) is 1. The molecule has 0 aliphatic heterocycles. The number of thiocarbonyl (C=S) groups is 1. The van der Waals surface area contributed by atoms with Crippen LogP contribution in [0, 0.1) is 5.82 Å². The van der Waals surface area contributed by atoms with Crippen LogP contribution in [0.4, 0.5) is 10.1 Å². The van der Waals surface area contributed by atoms with Crippen LogP contribution in [-0.4, -0.2) is 12.2 Å². The SMILES string of the molecule is CC[C@@H](NC(=S)Nc1ccc(F)cc1)c1ccc(OC)cc1. The van der Waals surface area contributed by atoms with E-state index in [-0.39, 0.29) is 11.9 Å². The van der Waals surface area contributed by atoms with Gasteiger partial charge in [-0.05, 0) is 60.6 Å². The molecule has 1 atom stereocenters. The topological polar surface area (TPSA) is 33.3 Å². The Hall–Kier alpha value is -2.14. The van der Waals surface area contributed by atoms with Gasteiger partial charge in [-0.25, -0.2) is 4.39 Å². The molecule has 5 heteroatoms. The number of hydrogen-bond acceptors (Lipinski definition) is 2. The molecule has 0 aromatic heterocycles. The fraction of sp³-hybridized carbons (Fsp3) is 0.235. The van der Waals surface area contributed by atoms with Gasteiger partial charge in [0.25, 0.3) is 0 Å². The molecule has 0 saturated heterocycles. The van der Waals surface area contributed by atoms with E-state index >= 15 is 0 Å². The third-order valence-electron chi connectivity index (χ3n) is 3.33. The highest BCUT2D eigenvalue weighted by atomic mass is 32.1. The fourth-order valence-electron chi connectivity index (χ4n) is 2.12. The van der Waals surface area contributed by atoms with Gasteiger partial charge < -0.3 is 15.4 Å². The van der Waals surface area contributed by atoms with E-state index in [9.17, 15) is 4.39 Å². The van der Waals surface area contributed by atoms with Gasteiger partial charge in [-0.15, -0.1) is 0 Å². The largest absolute Gasteiger partial charge is 0.497 e. The summed E-state index contributed by atoms with van der Waals surface area (Å²) in [6, 6.07) is 14.1. The highest BCUT2D eigenvalue weighted by Gasteiger charge is 2.11. The third-order valence-corrected chi connectivity index (χ3v) is 3.55. The molecular weight excluding hydrogens is 299 g/mol. The Balaban J connectivity index is 1.99. The molecular formula is C17H19FN2OS. The summed E-state index contributed by atoms with van der Waals surface area (Å²) >= 11 is 5.32. The summed E-state index contributed by atoms with van der Waals surface area (Å²) in [6.45, 7) is 2.09. The summed E-state index contributed by atoms with van der Waals surface area (Å²) in [7, 11) is 1.65. The maximum atomic E-state index is 12.9. The van der Waals surface area contributed by atoms with Crippen LogP contribution in [0.25, 0.3) is 0 Å². The minimum absolute atomic E-state index is 0.103. The second kappa shape index (κ2) is 7.75. The van der Waals surface area contributed by atoms with Crippen molar-refractivity contribution in [3.8, 4) is 5.75 Å². The first-order chi connectivity index (χ1) is 10.6. The average Bonchev–Trinajstić information content (AvgIpc) is 2.55. The van der Waals surface area contributed by atoms with Crippen LogP contribution in [-0.2, 0) is 0 Å². The maximum absolute atomic E-state index is 12.9. The summed E-state index contributed by atoms with van der Waals surface area (Å²) in [6.07, 6.45) is 0.886. The van der Waals surface area contributed by atoms with Gasteiger partial charge in [0.15, 0.2) is 5.11 Å². The summed E-state index contributed by atoms with van der Waals surface area (Å²) in [4.78, 5) is 0. The number of hydrogen-bond donors (Lipinski definition) is 2. The second-order valence-electron chi connectivity index (χ2n) is 4.84. The van der Waals surface area contributed by atoms with E-state index in [1.165, 1.54) is 12.1 Å². The zero-order valence-electron chi connectivity index (χ0n) is 12.6. The van der Waals surface area contributed by atoms with Gasteiger partial charge in [0.1, 0.15) is 11.6 Å². The lowest BCUT2D eigenvalue weighted by molar-refractivity contribution is 0.414. The molecule has 2 aromatic carbocycles. The van der Waals surface area contributed by atoms with E-state index in [2.05, 4.69) is 17.6 Å². The van der Waals surface area contributed by atoms with E-state index in [0.29, 0.717) is 5.11 Å². The highest BCUT2D eigenvalue weighted by Crippen LogP contribution is 2.20. The first-order valence-corrected chi connectivity index (χ1v) is 7.50. The molecule has 22 heavy (non-hydrogen) atoms. The minimum Gasteiger partial charge on any atom is -0.497 e. The average molecular weight is 318 g/mol. The van der Waals surface area contributed by atoms with Gasteiger partial charge >= 0.3 is 0 Å². The first-order valence-electron chi connectivity index (χ1n) is 7.09. The molecule has 0 spiro atoms. The molecule has 2 rings (SSSR count). The summed E-state index contributed by atoms with van der Waals surface area (Å²) in [5, 5.41) is 6.83. The van der Waals surface area contributed by atoms with Crippen LogP contribution in [0.2, 0.25) is 0 Å². The molecule has 0 heterocycles. The van der Waals surface area contributed by atoms with Crippen molar-refractivity contribution in [3.05, 3.63) is 59.9 Å². The Morgan fingerprint density at radius 3 is 2.32 bits per heavy atom. The standard InChI is InChI=1S/C17H19FN2OS/c1-3-16(12-4-10-15(21-2)11-5-12)20-17(22)19-14-8-6-13(18)7-9-14/h4-11,16H,3H2,1-2H3,(H2,19,20,22)/t16-/m1/s1. The number of nitrogens with one attached hydrogen (secondary N) is 2. The van der Waals surface area contributed by atoms with Crippen LogP contribution < -0.4 is 15.4 Å². The van der Waals surface area contributed by atoms with E-state index in [0.717, 1.165) is 23.4 Å². The van der Waals surface area contributed by atoms with Crippen molar-refractivity contribution < 1.29 is 9.13 Å². The van der Waals surface area contributed by atoms with Crippen LogP contribution in [0.5, 0.6) is 5.75 Å². The first kappa shape index (κ1) is 16.2. The van der Waals surface area contributed by atoms with Crippen molar-refractivity contribution in [3.63, 3.8) is 0 Å². The van der Waals surface area contributed by atoms with Crippen LogP contribution >= 0.6 is 12.2 Å². The normalized spacial score (nSPS) is 11.6. The molecule has 0 bridgehead atoms. The van der Waals surface area contributed by atoms with Gasteiger partial charge in [-0.2, -0.15) is 0 Å². The van der Waals surface area contributed by atoms with Gasteiger partial charge in [-0.1, -0.05) is 19.1 Å². The Bertz CT molecular complexity index is 614. The monoisotopic (exact) mass is 318 g/mol. The number of benzene rings is 2. The minimum atomic E-state index is -0.269. The van der Waals surface area contributed by atoms with E-state index in [4.69, 9.17) is 17.0 Å².